The second kappa shape index (κ2) is 16.2. The predicted molar refractivity (Wildman–Crippen MR) is 148 cm³/mol. The topological polar surface area (TPSA) is 128 Å². The quantitative estimate of drug-likeness (QED) is 0.143. The van der Waals surface area contributed by atoms with Crippen LogP contribution in [0.5, 0.6) is 11.5 Å². The van der Waals surface area contributed by atoms with Crippen LogP contribution in [0.25, 0.3) is 0 Å². The van der Waals surface area contributed by atoms with Crippen LogP contribution in [0.2, 0.25) is 0 Å². The third-order valence-electron chi connectivity index (χ3n) is 7.06. The number of carboxylic acid groups (broad SMARTS) is 1. The first kappa shape index (κ1) is 34.1. The Morgan fingerprint density at radius 1 is 0.821 bits per heavy atom. The van der Waals surface area contributed by atoms with Gasteiger partial charge in [-0.3, -0.25) is 19.7 Å². The van der Waals surface area contributed by atoms with Gasteiger partial charge in [0.1, 0.15) is 0 Å². The van der Waals surface area contributed by atoms with E-state index in [9.17, 15) is 24.3 Å². The third kappa shape index (κ3) is 11.0. The number of aliphatic carboxylic acids is 1. The summed E-state index contributed by atoms with van der Waals surface area (Å²) in [5.74, 6) is -3.14. The Hall–Kier alpha value is -2.94. The van der Waals surface area contributed by atoms with Crippen molar-refractivity contribution in [1.82, 2.24) is 5.32 Å². The summed E-state index contributed by atoms with van der Waals surface area (Å²) in [6.07, 6.45) is 2.81. The van der Waals surface area contributed by atoms with Gasteiger partial charge < -0.3 is 19.3 Å². The van der Waals surface area contributed by atoms with Gasteiger partial charge in [-0.2, -0.15) is 0 Å². The van der Waals surface area contributed by atoms with Crippen LogP contribution >= 0.6 is 0 Å². The Morgan fingerprint density at radius 3 is 1.82 bits per heavy atom. The number of benzene rings is 1. The molecule has 220 valence electrons. The molecule has 0 saturated carbocycles. The van der Waals surface area contributed by atoms with Crippen LogP contribution in [-0.2, 0) is 30.3 Å². The number of esters is 3. The summed E-state index contributed by atoms with van der Waals surface area (Å²) >= 11 is 0. The van der Waals surface area contributed by atoms with E-state index in [1.54, 1.807) is 19.9 Å². The van der Waals surface area contributed by atoms with Crippen molar-refractivity contribution in [3.63, 3.8) is 0 Å². The van der Waals surface area contributed by atoms with Gasteiger partial charge in [0.05, 0.1) is 5.92 Å². The molecule has 0 fully saturated rings. The molecule has 0 radical (unpaired) electrons. The van der Waals surface area contributed by atoms with Crippen LogP contribution < -0.4 is 14.8 Å². The molecule has 1 aromatic rings. The van der Waals surface area contributed by atoms with Crippen molar-refractivity contribution in [2.45, 2.75) is 112 Å². The molecule has 0 heterocycles. The zero-order chi connectivity index (χ0) is 29.8. The number of nitrogens with one attached hydrogen (secondary N) is 1. The molecule has 9 heteroatoms. The SMILES string of the molecule is CCC(C)CC(=O)Oc1ccc(C[C@](NC(C)CC)(OC(=O)C(C)CC)C(=O)O)cc1OC(=O)CC(C)CC. The molecule has 39 heavy (non-hydrogen) atoms. The van der Waals surface area contributed by atoms with Gasteiger partial charge >= 0.3 is 23.9 Å². The number of rotatable bonds is 17. The normalized spacial score (nSPS) is 15.8. The molecule has 2 N–H and O–H groups in total. The Bertz CT molecular complexity index is 978. The highest BCUT2D eigenvalue weighted by Crippen LogP contribution is 2.32. The van der Waals surface area contributed by atoms with Crippen LogP contribution in [0.3, 0.4) is 0 Å². The number of ether oxygens (including phenoxy) is 3. The number of carboxylic acids is 1. The Balaban J connectivity index is 3.48. The van der Waals surface area contributed by atoms with Gasteiger partial charge in [0.2, 0.25) is 0 Å². The molecule has 0 aromatic heterocycles. The lowest BCUT2D eigenvalue weighted by Crippen LogP contribution is -2.60. The average molecular weight is 550 g/mol. The van der Waals surface area contributed by atoms with Crippen molar-refractivity contribution in [2.75, 3.05) is 0 Å². The summed E-state index contributed by atoms with van der Waals surface area (Å²) in [5.41, 5.74) is -1.64. The molecule has 5 atom stereocenters. The van der Waals surface area contributed by atoms with Crippen molar-refractivity contribution >= 4 is 23.9 Å². The number of hydrogen-bond acceptors (Lipinski definition) is 8. The van der Waals surface area contributed by atoms with Crippen molar-refractivity contribution < 1.29 is 38.5 Å². The molecule has 4 unspecified atom stereocenters. The first-order valence-corrected chi connectivity index (χ1v) is 14.1. The second-order valence-corrected chi connectivity index (χ2v) is 10.7. The lowest BCUT2D eigenvalue weighted by atomic mass is 9.99. The third-order valence-corrected chi connectivity index (χ3v) is 7.06. The van der Waals surface area contributed by atoms with Gasteiger partial charge in [-0.05, 0) is 49.3 Å². The summed E-state index contributed by atoms with van der Waals surface area (Å²) in [6.45, 7) is 15.0. The van der Waals surface area contributed by atoms with Gasteiger partial charge in [0.25, 0.3) is 5.72 Å². The molecule has 0 aliphatic heterocycles. The van der Waals surface area contributed by atoms with Crippen LogP contribution in [0.15, 0.2) is 18.2 Å². The van der Waals surface area contributed by atoms with Crippen molar-refractivity contribution in [3.05, 3.63) is 23.8 Å². The molecule has 1 rings (SSSR count). The highest BCUT2D eigenvalue weighted by atomic mass is 16.6. The summed E-state index contributed by atoms with van der Waals surface area (Å²) in [5, 5.41) is 13.2. The lowest BCUT2D eigenvalue weighted by molar-refractivity contribution is -0.187. The fourth-order valence-corrected chi connectivity index (χ4v) is 3.54. The summed E-state index contributed by atoms with van der Waals surface area (Å²) in [7, 11) is 0. The molecule has 0 spiro atoms. The van der Waals surface area contributed by atoms with Crippen molar-refractivity contribution in [2.24, 2.45) is 17.8 Å². The summed E-state index contributed by atoms with van der Waals surface area (Å²) < 4.78 is 16.8. The molecule has 0 bridgehead atoms. The Morgan fingerprint density at radius 2 is 1.36 bits per heavy atom. The number of carbonyl (C=O) groups is 4. The van der Waals surface area contributed by atoms with E-state index in [2.05, 4.69) is 5.32 Å². The van der Waals surface area contributed by atoms with E-state index < -0.39 is 35.5 Å². The van der Waals surface area contributed by atoms with Crippen molar-refractivity contribution in [3.8, 4) is 11.5 Å². The minimum Gasteiger partial charge on any atom is -0.477 e. The minimum atomic E-state index is -2.05. The van der Waals surface area contributed by atoms with E-state index in [4.69, 9.17) is 14.2 Å². The van der Waals surface area contributed by atoms with Crippen LogP contribution in [0, 0.1) is 17.8 Å². The zero-order valence-corrected chi connectivity index (χ0v) is 24.8. The maximum Gasteiger partial charge on any atom is 0.364 e. The Kier molecular flexibility index (Phi) is 14.2. The first-order valence-electron chi connectivity index (χ1n) is 14.1. The predicted octanol–water partition coefficient (Wildman–Crippen LogP) is 5.67. The van der Waals surface area contributed by atoms with E-state index in [0.717, 1.165) is 12.8 Å². The first-order chi connectivity index (χ1) is 18.3. The Labute approximate surface area is 233 Å². The van der Waals surface area contributed by atoms with E-state index >= 15 is 0 Å². The monoisotopic (exact) mass is 549 g/mol. The van der Waals surface area contributed by atoms with Crippen LogP contribution in [-0.4, -0.2) is 40.8 Å². The summed E-state index contributed by atoms with van der Waals surface area (Å²) in [4.78, 5) is 50.5. The molecule has 0 amide bonds. The molecule has 9 nitrogen and oxygen atoms in total. The molecule has 1 aromatic carbocycles. The highest BCUT2D eigenvalue weighted by Gasteiger charge is 2.44. The lowest BCUT2D eigenvalue weighted by Gasteiger charge is -2.34. The second-order valence-electron chi connectivity index (χ2n) is 10.7. The smallest absolute Gasteiger partial charge is 0.364 e. The average Bonchev–Trinajstić information content (AvgIpc) is 2.88. The van der Waals surface area contributed by atoms with Gasteiger partial charge in [0.15, 0.2) is 11.5 Å². The number of hydrogen-bond donors (Lipinski definition) is 2. The van der Waals surface area contributed by atoms with Gasteiger partial charge in [-0.25, -0.2) is 4.79 Å². The van der Waals surface area contributed by atoms with Crippen molar-refractivity contribution in [1.29, 1.82) is 0 Å². The molecule has 0 saturated heterocycles. The summed E-state index contributed by atoms with van der Waals surface area (Å²) in [6, 6.07) is 4.24. The maximum absolute atomic E-state index is 12.7. The highest BCUT2D eigenvalue weighted by molar-refractivity contribution is 5.83. The van der Waals surface area contributed by atoms with Gasteiger partial charge in [-0.1, -0.05) is 67.4 Å². The largest absolute Gasteiger partial charge is 0.477 e. The molecule has 0 aliphatic carbocycles. The zero-order valence-electron chi connectivity index (χ0n) is 24.8. The number of carbonyl (C=O) groups excluding carboxylic acids is 3. The molecule has 0 aliphatic rings. The molecular weight excluding hydrogens is 502 g/mol. The van der Waals surface area contributed by atoms with Crippen LogP contribution in [0.4, 0.5) is 0 Å². The van der Waals surface area contributed by atoms with E-state index in [0.29, 0.717) is 18.4 Å². The van der Waals surface area contributed by atoms with E-state index in [1.165, 1.54) is 12.1 Å². The fraction of sp³-hybridized carbons (Fsp3) is 0.667. The standard InChI is InChI=1S/C30H47NO8/c1-9-19(5)15-26(32)37-24-14-13-23(17-25(24)38-27(33)16-20(6)10-2)18-30(29(35)36,31-22(8)12-4)39-28(34)21(7)11-3/h13-14,17,19-22,31H,9-12,15-16,18H2,1-8H3,(H,35,36)/t19?,20?,21?,22?,30-/m0/s1. The maximum atomic E-state index is 12.7. The fourth-order valence-electron chi connectivity index (χ4n) is 3.54. The minimum absolute atomic E-state index is 0.00869. The van der Waals surface area contributed by atoms with E-state index in [1.807, 2.05) is 41.5 Å². The van der Waals surface area contributed by atoms with Crippen LogP contribution in [0.1, 0.15) is 99.5 Å². The van der Waals surface area contributed by atoms with Gasteiger partial charge in [0, 0.05) is 25.3 Å². The van der Waals surface area contributed by atoms with Gasteiger partial charge in [-0.15, -0.1) is 0 Å². The van der Waals surface area contributed by atoms with E-state index in [-0.39, 0.29) is 48.6 Å². The molecular formula is C30H47NO8.